The lowest BCUT2D eigenvalue weighted by Gasteiger charge is -2.33. The SMILES string of the molecule is COc1ccc(Cc2nn(CN3CCN(Cc4cc(C)no4)CC3)c(=S)o2)cc1. The fourth-order valence-corrected chi connectivity index (χ4v) is 3.61. The van der Waals surface area contributed by atoms with Crippen LogP contribution in [0.15, 0.2) is 39.3 Å². The molecule has 0 spiro atoms. The number of piperazine rings is 1. The van der Waals surface area contributed by atoms with Crippen LogP contribution in [0.2, 0.25) is 0 Å². The number of hydrogen-bond donors (Lipinski definition) is 0. The molecule has 1 saturated heterocycles. The Morgan fingerprint density at radius 2 is 1.83 bits per heavy atom. The molecule has 1 aliphatic rings. The highest BCUT2D eigenvalue weighted by atomic mass is 32.1. The number of hydrogen-bond acceptors (Lipinski definition) is 8. The maximum Gasteiger partial charge on any atom is 0.288 e. The minimum Gasteiger partial charge on any atom is -0.497 e. The second-order valence-electron chi connectivity index (χ2n) is 7.26. The van der Waals surface area contributed by atoms with E-state index in [4.69, 9.17) is 25.9 Å². The molecular formula is C20H25N5O3S. The third-order valence-electron chi connectivity index (χ3n) is 5.02. The summed E-state index contributed by atoms with van der Waals surface area (Å²) in [6.07, 6.45) is 0.602. The van der Waals surface area contributed by atoms with Crippen LogP contribution in [0, 0.1) is 11.8 Å². The first kappa shape index (κ1) is 19.8. The van der Waals surface area contributed by atoms with E-state index in [1.165, 1.54) is 0 Å². The smallest absolute Gasteiger partial charge is 0.288 e. The quantitative estimate of drug-likeness (QED) is 0.546. The Kier molecular flexibility index (Phi) is 6.08. The normalized spacial score (nSPS) is 15.7. The number of aromatic nitrogens is 3. The van der Waals surface area contributed by atoms with Crippen LogP contribution in [-0.4, -0.2) is 58.0 Å². The highest BCUT2D eigenvalue weighted by molar-refractivity contribution is 7.71. The summed E-state index contributed by atoms with van der Waals surface area (Å²) in [6, 6.07) is 9.86. The molecule has 3 heterocycles. The van der Waals surface area contributed by atoms with E-state index in [1.807, 2.05) is 37.3 Å². The molecule has 0 aliphatic carbocycles. The molecule has 8 nitrogen and oxygen atoms in total. The van der Waals surface area contributed by atoms with Gasteiger partial charge in [0, 0.05) is 32.2 Å². The van der Waals surface area contributed by atoms with Crippen molar-refractivity contribution in [2.45, 2.75) is 26.6 Å². The highest BCUT2D eigenvalue weighted by Gasteiger charge is 2.19. The van der Waals surface area contributed by atoms with Crippen molar-refractivity contribution in [1.82, 2.24) is 24.7 Å². The van der Waals surface area contributed by atoms with E-state index in [9.17, 15) is 0 Å². The van der Waals surface area contributed by atoms with Gasteiger partial charge in [0.25, 0.3) is 4.84 Å². The van der Waals surface area contributed by atoms with Crippen LogP contribution in [-0.2, 0) is 19.6 Å². The van der Waals surface area contributed by atoms with E-state index in [2.05, 4.69) is 20.1 Å². The van der Waals surface area contributed by atoms with Gasteiger partial charge < -0.3 is 13.7 Å². The topological polar surface area (TPSA) is 72.7 Å². The van der Waals surface area contributed by atoms with Crippen LogP contribution < -0.4 is 4.74 Å². The van der Waals surface area contributed by atoms with Crippen molar-refractivity contribution >= 4 is 12.2 Å². The maximum absolute atomic E-state index is 5.70. The molecule has 0 radical (unpaired) electrons. The summed E-state index contributed by atoms with van der Waals surface area (Å²) in [5.41, 5.74) is 2.02. The van der Waals surface area contributed by atoms with Gasteiger partial charge in [-0.3, -0.25) is 9.80 Å². The van der Waals surface area contributed by atoms with Gasteiger partial charge in [-0.15, -0.1) is 5.10 Å². The summed E-state index contributed by atoms with van der Waals surface area (Å²) < 4.78 is 18.0. The van der Waals surface area contributed by atoms with E-state index >= 15 is 0 Å². The lowest BCUT2D eigenvalue weighted by Crippen LogP contribution is -2.46. The molecule has 0 saturated carbocycles. The fraction of sp³-hybridized carbons (Fsp3) is 0.450. The highest BCUT2D eigenvalue weighted by Crippen LogP contribution is 2.15. The summed E-state index contributed by atoms with van der Waals surface area (Å²) in [5, 5.41) is 8.52. The van der Waals surface area contributed by atoms with Gasteiger partial charge in [-0.2, -0.15) is 0 Å². The predicted molar refractivity (Wildman–Crippen MR) is 109 cm³/mol. The second kappa shape index (κ2) is 8.89. The minimum atomic E-state index is 0.410. The van der Waals surface area contributed by atoms with Gasteiger partial charge in [0.2, 0.25) is 5.89 Å². The first-order chi connectivity index (χ1) is 14.1. The molecule has 9 heteroatoms. The Bertz CT molecular complexity index is 986. The molecule has 0 atom stereocenters. The number of benzene rings is 1. The molecule has 0 bridgehead atoms. The van der Waals surface area contributed by atoms with Crippen LogP contribution in [0.1, 0.15) is 22.9 Å². The zero-order chi connectivity index (χ0) is 20.2. The Morgan fingerprint density at radius 1 is 1.10 bits per heavy atom. The summed E-state index contributed by atoms with van der Waals surface area (Å²) >= 11 is 5.37. The zero-order valence-electron chi connectivity index (χ0n) is 16.7. The van der Waals surface area contributed by atoms with E-state index < -0.39 is 0 Å². The number of aryl methyl sites for hydroxylation is 1. The van der Waals surface area contributed by atoms with Crippen LogP contribution in [0.5, 0.6) is 5.75 Å². The fourth-order valence-electron chi connectivity index (χ4n) is 3.42. The van der Waals surface area contributed by atoms with Gasteiger partial charge in [0.15, 0.2) is 5.76 Å². The van der Waals surface area contributed by atoms with E-state index in [0.29, 0.717) is 23.8 Å². The first-order valence-electron chi connectivity index (χ1n) is 9.66. The van der Waals surface area contributed by atoms with Crippen molar-refractivity contribution < 1.29 is 13.7 Å². The van der Waals surface area contributed by atoms with Crippen molar-refractivity contribution in [3.63, 3.8) is 0 Å². The van der Waals surface area contributed by atoms with Gasteiger partial charge in [-0.1, -0.05) is 17.3 Å². The molecule has 29 heavy (non-hydrogen) atoms. The lowest BCUT2D eigenvalue weighted by molar-refractivity contribution is 0.0913. The van der Waals surface area contributed by atoms with Gasteiger partial charge in [0.05, 0.1) is 32.4 Å². The molecule has 2 aromatic heterocycles. The number of nitrogens with zero attached hydrogens (tertiary/aromatic N) is 5. The van der Waals surface area contributed by atoms with Crippen molar-refractivity contribution in [2.24, 2.45) is 0 Å². The van der Waals surface area contributed by atoms with E-state index in [1.54, 1.807) is 11.8 Å². The lowest BCUT2D eigenvalue weighted by atomic mass is 10.1. The van der Waals surface area contributed by atoms with Gasteiger partial charge in [-0.25, -0.2) is 4.68 Å². The molecule has 4 rings (SSSR count). The molecule has 0 N–H and O–H groups in total. The third-order valence-corrected chi connectivity index (χ3v) is 5.31. The predicted octanol–water partition coefficient (Wildman–Crippen LogP) is 2.88. The van der Waals surface area contributed by atoms with Crippen LogP contribution in [0.4, 0.5) is 0 Å². The average Bonchev–Trinajstić information content (AvgIpc) is 3.29. The molecule has 3 aromatic rings. The maximum atomic E-state index is 5.70. The Hall–Kier alpha value is -2.49. The van der Waals surface area contributed by atoms with Crippen LogP contribution >= 0.6 is 12.2 Å². The summed E-state index contributed by atoms with van der Waals surface area (Å²) in [5.74, 6) is 2.37. The Morgan fingerprint density at radius 3 is 2.48 bits per heavy atom. The standard InChI is InChI=1S/C20H25N5O3S/c1-15-11-18(28-22-15)13-23-7-9-24(10-8-23)14-25-20(29)27-19(21-25)12-16-3-5-17(26-2)6-4-16/h3-6,11H,7-10,12-14H2,1-2H3. The Balaban J connectivity index is 1.30. The minimum absolute atomic E-state index is 0.410. The molecular weight excluding hydrogens is 390 g/mol. The van der Waals surface area contributed by atoms with Gasteiger partial charge in [-0.05, 0) is 36.8 Å². The molecule has 0 amide bonds. The second-order valence-corrected chi connectivity index (χ2v) is 7.61. The number of rotatable bonds is 7. The van der Waals surface area contributed by atoms with E-state index in [0.717, 1.165) is 55.5 Å². The number of ether oxygens (including phenoxy) is 1. The Labute approximate surface area is 174 Å². The van der Waals surface area contributed by atoms with Crippen molar-refractivity contribution in [3.05, 3.63) is 58.1 Å². The molecule has 1 aromatic carbocycles. The summed E-state index contributed by atoms with van der Waals surface area (Å²) in [4.78, 5) is 5.11. The summed E-state index contributed by atoms with van der Waals surface area (Å²) in [7, 11) is 1.66. The summed E-state index contributed by atoms with van der Waals surface area (Å²) in [6.45, 7) is 7.18. The monoisotopic (exact) mass is 415 g/mol. The molecule has 0 unspecified atom stereocenters. The average molecular weight is 416 g/mol. The van der Waals surface area contributed by atoms with Crippen molar-refractivity contribution in [1.29, 1.82) is 0 Å². The number of methoxy groups -OCH3 is 1. The third kappa shape index (κ3) is 5.11. The van der Waals surface area contributed by atoms with E-state index in [-0.39, 0.29) is 0 Å². The molecule has 1 aliphatic heterocycles. The van der Waals surface area contributed by atoms with Gasteiger partial charge >= 0.3 is 0 Å². The van der Waals surface area contributed by atoms with Crippen molar-refractivity contribution in [2.75, 3.05) is 33.3 Å². The van der Waals surface area contributed by atoms with Crippen molar-refractivity contribution in [3.8, 4) is 5.75 Å². The molecule has 154 valence electrons. The van der Waals surface area contributed by atoms with Crippen LogP contribution in [0.3, 0.4) is 0 Å². The first-order valence-corrected chi connectivity index (χ1v) is 10.1. The van der Waals surface area contributed by atoms with Gasteiger partial charge in [0.1, 0.15) is 5.75 Å². The molecule has 1 fully saturated rings. The largest absolute Gasteiger partial charge is 0.497 e. The zero-order valence-corrected chi connectivity index (χ0v) is 17.5. The van der Waals surface area contributed by atoms with Crippen LogP contribution in [0.25, 0.3) is 0 Å².